The third kappa shape index (κ3) is 5.21. The Kier molecular flexibility index (Phi) is 5.42. The van der Waals surface area contributed by atoms with E-state index < -0.39 is 10.1 Å². The van der Waals surface area contributed by atoms with E-state index in [9.17, 15) is 8.42 Å². The number of rotatable bonds is 2. The van der Waals surface area contributed by atoms with Crippen LogP contribution in [0.25, 0.3) is 0 Å². The first-order valence-corrected chi connectivity index (χ1v) is 7.18. The van der Waals surface area contributed by atoms with E-state index in [0.29, 0.717) is 0 Å². The first kappa shape index (κ1) is 15.9. The van der Waals surface area contributed by atoms with Crippen LogP contribution in [0.1, 0.15) is 11.1 Å². The Balaban J connectivity index is 0.000000200. The number of nitrogens with two attached hydrogens (primary N) is 1. The monoisotopic (exact) mass is 292 g/mol. The van der Waals surface area contributed by atoms with Gasteiger partial charge in [0, 0.05) is 5.56 Å². The second-order valence-electron chi connectivity index (χ2n) is 4.07. The highest BCUT2D eigenvalue weighted by molar-refractivity contribution is 7.85. The highest BCUT2D eigenvalue weighted by Crippen LogP contribution is 2.05. The van der Waals surface area contributed by atoms with Gasteiger partial charge in [-0.1, -0.05) is 48.0 Å². The Morgan fingerprint density at radius 2 is 1.55 bits per heavy atom. The third-order valence-electron chi connectivity index (χ3n) is 2.40. The van der Waals surface area contributed by atoms with E-state index in [1.165, 1.54) is 17.7 Å². The van der Waals surface area contributed by atoms with Crippen LogP contribution in [0.5, 0.6) is 0 Å². The van der Waals surface area contributed by atoms with Gasteiger partial charge in [-0.25, -0.2) is 0 Å². The van der Waals surface area contributed by atoms with Crippen molar-refractivity contribution < 1.29 is 13.0 Å². The molecular weight excluding hydrogens is 276 g/mol. The Bertz CT molecular complexity index is 665. The molecule has 0 radical (unpaired) electrons. The van der Waals surface area contributed by atoms with Crippen molar-refractivity contribution in [3.63, 3.8) is 0 Å². The average Bonchev–Trinajstić information content (AvgIpc) is 2.40. The summed E-state index contributed by atoms with van der Waals surface area (Å²) in [6, 6.07) is 15.0. The molecule has 0 spiro atoms. The maximum Gasteiger partial charge on any atom is 0.294 e. The van der Waals surface area contributed by atoms with Gasteiger partial charge in [0.1, 0.15) is 5.84 Å². The summed E-state index contributed by atoms with van der Waals surface area (Å²) < 4.78 is 29.2. The van der Waals surface area contributed by atoms with Crippen LogP contribution in [0, 0.1) is 12.3 Å². The van der Waals surface area contributed by atoms with Gasteiger partial charge in [-0.15, -0.1) is 0 Å². The molecule has 2 aromatic carbocycles. The predicted molar refractivity (Wildman–Crippen MR) is 78.5 cm³/mol. The van der Waals surface area contributed by atoms with Crippen molar-refractivity contribution in [2.75, 3.05) is 0 Å². The summed E-state index contributed by atoms with van der Waals surface area (Å²) in [6.45, 7) is 2.00. The molecular formula is C14H16N2O3S. The lowest BCUT2D eigenvalue weighted by molar-refractivity contribution is 0.483. The normalized spacial score (nSPS) is 10.3. The summed E-state index contributed by atoms with van der Waals surface area (Å²) >= 11 is 0. The lowest BCUT2D eigenvalue weighted by Gasteiger charge is -1.96. The first-order valence-electron chi connectivity index (χ1n) is 5.74. The summed E-state index contributed by atoms with van der Waals surface area (Å²) in [7, 11) is -4.00. The fraction of sp³-hybridized carbons (Fsp3) is 0.0714. The molecule has 2 aromatic rings. The number of benzene rings is 2. The second-order valence-corrected chi connectivity index (χ2v) is 5.49. The maximum absolute atomic E-state index is 10.4. The molecule has 0 atom stereocenters. The zero-order valence-electron chi connectivity index (χ0n) is 10.9. The largest absolute Gasteiger partial charge is 0.384 e. The predicted octanol–water partition coefficient (Wildman–Crippen LogP) is 2.21. The number of hydrogen-bond donors (Lipinski definition) is 3. The lowest BCUT2D eigenvalue weighted by atomic mass is 10.1. The fourth-order valence-corrected chi connectivity index (χ4v) is 1.83. The van der Waals surface area contributed by atoms with Crippen LogP contribution in [-0.4, -0.2) is 18.8 Å². The summed E-state index contributed by atoms with van der Waals surface area (Å²) in [4.78, 5) is -0.0741. The Hall–Kier alpha value is -2.18. The third-order valence-corrected chi connectivity index (χ3v) is 3.27. The average molecular weight is 292 g/mol. The topological polar surface area (TPSA) is 104 Å². The van der Waals surface area contributed by atoms with Crippen LogP contribution >= 0.6 is 0 Å². The van der Waals surface area contributed by atoms with Crippen LogP contribution in [0.4, 0.5) is 0 Å². The molecule has 0 saturated heterocycles. The van der Waals surface area contributed by atoms with E-state index in [0.717, 1.165) is 5.56 Å². The fourth-order valence-electron chi connectivity index (χ4n) is 1.33. The van der Waals surface area contributed by atoms with Crippen LogP contribution in [0.2, 0.25) is 0 Å². The molecule has 0 aliphatic heterocycles. The van der Waals surface area contributed by atoms with Gasteiger partial charge in [0.2, 0.25) is 0 Å². The zero-order valence-corrected chi connectivity index (χ0v) is 11.8. The molecule has 0 aliphatic rings. The van der Waals surface area contributed by atoms with E-state index in [2.05, 4.69) is 0 Å². The van der Waals surface area contributed by atoms with Gasteiger partial charge in [0.05, 0.1) is 4.90 Å². The summed E-state index contributed by atoms with van der Waals surface area (Å²) in [6.07, 6.45) is 0. The molecule has 0 fully saturated rings. The highest BCUT2D eigenvalue weighted by atomic mass is 32.2. The lowest BCUT2D eigenvalue weighted by Crippen LogP contribution is -2.10. The number of amidine groups is 1. The number of aryl methyl sites for hydroxylation is 1. The van der Waals surface area contributed by atoms with Crippen molar-refractivity contribution in [2.24, 2.45) is 5.73 Å². The van der Waals surface area contributed by atoms with Crippen molar-refractivity contribution in [1.29, 1.82) is 5.41 Å². The smallest absolute Gasteiger partial charge is 0.294 e. The van der Waals surface area contributed by atoms with Gasteiger partial charge in [0.15, 0.2) is 0 Å². The Labute approximate surface area is 118 Å². The molecule has 6 heteroatoms. The van der Waals surface area contributed by atoms with Crippen LogP contribution in [-0.2, 0) is 10.1 Å². The standard InChI is InChI=1S/C8H10N2.C6H6O3S/c1-6-2-4-7(5-3-6)8(9)10;7-10(8,9)6-4-2-1-3-5-6/h2-5H,1H3,(H3,9,10);1-5H,(H,7,8,9). The highest BCUT2D eigenvalue weighted by Gasteiger charge is 2.05. The molecule has 0 unspecified atom stereocenters. The van der Waals surface area contributed by atoms with Crippen LogP contribution in [0.15, 0.2) is 59.5 Å². The van der Waals surface area contributed by atoms with Gasteiger partial charge in [-0.3, -0.25) is 9.96 Å². The van der Waals surface area contributed by atoms with Gasteiger partial charge >= 0.3 is 0 Å². The minimum atomic E-state index is -4.00. The molecule has 106 valence electrons. The minimum Gasteiger partial charge on any atom is -0.384 e. The van der Waals surface area contributed by atoms with E-state index in [-0.39, 0.29) is 10.7 Å². The van der Waals surface area contributed by atoms with Gasteiger partial charge in [0.25, 0.3) is 10.1 Å². The molecule has 0 heterocycles. The van der Waals surface area contributed by atoms with E-state index in [1.807, 2.05) is 31.2 Å². The molecule has 4 N–H and O–H groups in total. The molecule has 0 aliphatic carbocycles. The SMILES string of the molecule is Cc1ccc(C(=N)N)cc1.O=S(=O)(O)c1ccccc1. The summed E-state index contributed by atoms with van der Waals surface area (Å²) in [5, 5.41) is 7.08. The van der Waals surface area contributed by atoms with Gasteiger partial charge in [-0.05, 0) is 19.1 Å². The Morgan fingerprint density at radius 1 is 1.05 bits per heavy atom. The van der Waals surface area contributed by atoms with Gasteiger partial charge in [-0.2, -0.15) is 8.42 Å². The molecule has 0 bridgehead atoms. The first-order chi connectivity index (χ1) is 9.30. The summed E-state index contributed by atoms with van der Waals surface area (Å²) in [5.74, 6) is 0.125. The van der Waals surface area contributed by atoms with Crippen molar-refractivity contribution in [2.45, 2.75) is 11.8 Å². The number of nitrogen functional groups attached to an aromatic ring is 1. The Morgan fingerprint density at radius 3 is 1.90 bits per heavy atom. The quantitative estimate of drug-likeness (QED) is 0.448. The zero-order chi connectivity index (χ0) is 15.2. The second kappa shape index (κ2) is 6.83. The van der Waals surface area contributed by atoms with E-state index in [4.69, 9.17) is 15.7 Å². The van der Waals surface area contributed by atoms with E-state index in [1.54, 1.807) is 18.2 Å². The number of hydrogen-bond acceptors (Lipinski definition) is 3. The molecule has 2 rings (SSSR count). The molecule has 0 saturated carbocycles. The molecule has 0 aromatic heterocycles. The minimum absolute atomic E-state index is 0.0741. The molecule has 0 amide bonds. The van der Waals surface area contributed by atoms with Crippen molar-refractivity contribution >= 4 is 16.0 Å². The van der Waals surface area contributed by atoms with Crippen LogP contribution in [0.3, 0.4) is 0 Å². The van der Waals surface area contributed by atoms with Crippen molar-refractivity contribution in [3.8, 4) is 0 Å². The number of nitrogens with one attached hydrogen (secondary N) is 1. The molecule has 5 nitrogen and oxygen atoms in total. The summed E-state index contributed by atoms with van der Waals surface area (Å²) in [5.41, 5.74) is 7.22. The van der Waals surface area contributed by atoms with Gasteiger partial charge < -0.3 is 5.73 Å². The van der Waals surface area contributed by atoms with Crippen LogP contribution < -0.4 is 5.73 Å². The molecule has 20 heavy (non-hydrogen) atoms. The van der Waals surface area contributed by atoms with E-state index >= 15 is 0 Å². The van der Waals surface area contributed by atoms with Crippen molar-refractivity contribution in [1.82, 2.24) is 0 Å². The maximum atomic E-state index is 10.4. The van der Waals surface area contributed by atoms with Crippen molar-refractivity contribution in [3.05, 3.63) is 65.7 Å².